The summed E-state index contributed by atoms with van der Waals surface area (Å²) in [6.45, 7) is -0.399. The number of carboxylic acids is 1. The zero-order valence-electron chi connectivity index (χ0n) is 10.0. The van der Waals surface area contributed by atoms with E-state index in [1.807, 2.05) is 0 Å². The van der Waals surface area contributed by atoms with Crippen molar-refractivity contribution in [1.29, 1.82) is 0 Å². The van der Waals surface area contributed by atoms with E-state index in [2.05, 4.69) is 4.99 Å². The lowest BCUT2D eigenvalue weighted by molar-refractivity contribution is -0.137. The summed E-state index contributed by atoms with van der Waals surface area (Å²) in [6.07, 6.45) is 0.804. The first-order valence-electron chi connectivity index (χ1n) is 5.40. The molecule has 0 aliphatic carbocycles. The van der Waals surface area contributed by atoms with Crippen LogP contribution in [-0.4, -0.2) is 41.3 Å². The molecule has 0 fully saturated rings. The molecule has 0 heterocycles. The summed E-state index contributed by atoms with van der Waals surface area (Å²) < 4.78 is 27.1. The number of nitrogens with zero attached hydrogens (tertiary/aromatic N) is 1. The molecule has 0 aromatic heterocycles. The fourth-order valence-corrected chi connectivity index (χ4v) is 1.97. The van der Waals surface area contributed by atoms with Crippen LogP contribution in [0.4, 0.5) is 8.78 Å². The van der Waals surface area contributed by atoms with Gasteiger partial charge in [0.25, 0.3) is 0 Å². The van der Waals surface area contributed by atoms with Crippen molar-refractivity contribution in [3.8, 4) is 0 Å². The number of Topliss-reactive ketones (excluding diaryl/α,β-unsaturated/α-hetero) is 1. The Hall–Kier alpha value is -1.42. The van der Waals surface area contributed by atoms with Crippen molar-refractivity contribution in [2.24, 2.45) is 10.9 Å². The molecule has 0 amide bonds. The molecule has 0 saturated heterocycles. The van der Waals surface area contributed by atoms with Gasteiger partial charge in [0.05, 0.1) is 18.7 Å². The van der Waals surface area contributed by atoms with Gasteiger partial charge >= 0.3 is 5.97 Å². The monoisotopic (exact) mass is 397 g/mol. The Morgan fingerprint density at radius 1 is 1.40 bits per heavy atom. The predicted molar refractivity (Wildman–Crippen MR) is 75.0 cm³/mol. The minimum atomic E-state index is -1.73. The van der Waals surface area contributed by atoms with E-state index >= 15 is 0 Å². The fraction of sp³-hybridized carbons (Fsp3) is 0.250. The molecule has 20 heavy (non-hydrogen) atoms. The number of aliphatic imine (C=N–C) groups is 1. The Bertz CT molecular complexity index is 563. The average Bonchev–Trinajstić information content (AvgIpc) is 2.37. The van der Waals surface area contributed by atoms with Gasteiger partial charge < -0.3 is 10.2 Å². The molecule has 0 bridgehead atoms. The molecule has 8 heteroatoms. The molecular weight excluding hydrogens is 387 g/mol. The number of hydrogen-bond donors (Lipinski definition) is 2. The molecule has 2 N–H and O–H groups in total. The van der Waals surface area contributed by atoms with Crippen molar-refractivity contribution in [1.82, 2.24) is 0 Å². The zero-order valence-corrected chi connectivity index (χ0v) is 12.2. The van der Waals surface area contributed by atoms with Crippen LogP contribution >= 0.6 is 22.6 Å². The summed E-state index contributed by atoms with van der Waals surface area (Å²) in [5.74, 6) is -6.98. The van der Waals surface area contributed by atoms with Crippen molar-refractivity contribution < 1.29 is 28.6 Å². The predicted octanol–water partition coefficient (Wildman–Crippen LogP) is 1.52. The van der Waals surface area contributed by atoms with Gasteiger partial charge in [0.15, 0.2) is 23.3 Å². The third-order valence-electron chi connectivity index (χ3n) is 2.29. The standard InChI is InChI=1S/C12H10F2INO4/c13-9-4-6(15)3-7(10(9)14)11(18)8(12(19)20)5-16-1-2-17/h3-5,8,17H,1-2H2,(H,19,20). The van der Waals surface area contributed by atoms with E-state index in [1.165, 1.54) is 0 Å². The number of rotatable bonds is 6. The molecule has 1 atom stereocenters. The Morgan fingerprint density at radius 3 is 2.60 bits per heavy atom. The maximum atomic E-state index is 13.6. The van der Waals surface area contributed by atoms with Crippen molar-refractivity contribution in [2.75, 3.05) is 13.2 Å². The van der Waals surface area contributed by atoms with Gasteiger partial charge in [-0.05, 0) is 34.7 Å². The maximum Gasteiger partial charge on any atom is 0.319 e. The highest BCUT2D eigenvalue weighted by atomic mass is 127. The fourth-order valence-electron chi connectivity index (χ4n) is 1.38. The molecule has 1 unspecified atom stereocenters. The lowest BCUT2D eigenvalue weighted by atomic mass is 9.98. The first-order valence-corrected chi connectivity index (χ1v) is 6.48. The molecule has 0 spiro atoms. The smallest absolute Gasteiger partial charge is 0.319 e. The summed E-state index contributed by atoms with van der Waals surface area (Å²) in [5, 5.41) is 17.5. The van der Waals surface area contributed by atoms with Crippen LogP contribution in [0.25, 0.3) is 0 Å². The normalized spacial score (nSPS) is 12.6. The van der Waals surface area contributed by atoms with Gasteiger partial charge in [-0.3, -0.25) is 14.6 Å². The second-order valence-electron chi connectivity index (χ2n) is 3.71. The molecule has 0 aliphatic rings. The Kier molecular flexibility index (Phi) is 6.14. The van der Waals surface area contributed by atoms with Crippen LogP contribution in [0, 0.1) is 21.1 Å². The molecular formula is C12H10F2INO4. The van der Waals surface area contributed by atoms with Crippen LogP contribution < -0.4 is 0 Å². The number of benzene rings is 1. The van der Waals surface area contributed by atoms with E-state index in [1.54, 1.807) is 22.6 Å². The molecule has 108 valence electrons. The van der Waals surface area contributed by atoms with E-state index in [4.69, 9.17) is 10.2 Å². The van der Waals surface area contributed by atoms with Crippen LogP contribution in [0.3, 0.4) is 0 Å². The van der Waals surface area contributed by atoms with E-state index < -0.39 is 34.9 Å². The van der Waals surface area contributed by atoms with E-state index in [9.17, 15) is 18.4 Å². The van der Waals surface area contributed by atoms with Gasteiger partial charge in [-0.1, -0.05) is 0 Å². The number of carbonyl (C=O) groups is 2. The van der Waals surface area contributed by atoms with Crippen molar-refractivity contribution in [3.05, 3.63) is 32.9 Å². The highest BCUT2D eigenvalue weighted by Gasteiger charge is 2.29. The van der Waals surface area contributed by atoms with E-state index in [-0.39, 0.29) is 16.7 Å². The van der Waals surface area contributed by atoms with Crippen molar-refractivity contribution >= 4 is 40.6 Å². The van der Waals surface area contributed by atoms with Crippen molar-refractivity contribution in [3.63, 3.8) is 0 Å². The van der Waals surface area contributed by atoms with E-state index in [0.29, 0.717) is 0 Å². The number of aliphatic carboxylic acids is 1. The Balaban J connectivity index is 3.16. The highest BCUT2D eigenvalue weighted by molar-refractivity contribution is 14.1. The molecule has 0 aliphatic heterocycles. The first kappa shape index (κ1) is 16.6. The molecule has 1 rings (SSSR count). The molecule has 1 aromatic carbocycles. The summed E-state index contributed by atoms with van der Waals surface area (Å²) in [5.41, 5.74) is -0.641. The molecule has 0 radical (unpaired) electrons. The van der Waals surface area contributed by atoms with Crippen LogP contribution in [0.2, 0.25) is 0 Å². The number of carbonyl (C=O) groups excluding carboxylic acids is 1. The molecule has 0 saturated carbocycles. The van der Waals surface area contributed by atoms with Gasteiger partial charge in [0, 0.05) is 9.78 Å². The average molecular weight is 397 g/mol. The molecule has 5 nitrogen and oxygen atoms in total. The highest BCUT2D eigenvalue weighted by Crippen LogP contribution is 2.19. The lowest BCUT2D eigenvalue weighted by Gasteiger charge is -2.08. The first-order chi connectivity index (χ1) is 9.38. The Labute approximate surface area is 126 Å². The van der Waals surface area contributed by atoms with Crippen LogP contribution in [-0.2, 0) is 4.79 Å². The number of aliphatic hydroxyl groups excluding tert-OH is 1. The quantitative estimate of drug-likeness (QED) is 0.251. The van der Waals surface area contributed by atoms with Gasteiger partial charge in [-0.15, -0.1) is 0 Å². The molecule has 1 aromatic rings. The SMILES string of the molecule is O=C(O)C(C=NCCO)C(=O)c1cc(I)cc(F)c1F. The number of ketones is 1. The van der Waals surface area contributed by atoms with Crippen LogP contribution in [0.1, 0.15) is 10.4 Å². The Morgan fingerprint density at radius 2 is 2.05 bits per heavy atom. The minimum Gasteiger partial charge on any atom is -0.480 e. The zero-order chi connectivity index (χ0) is 15.3. The minimum absolute atomic E-state index is 0.0831. The number of carboxylic acid groups (broad SMARTS) is 1. The lowest BCUT2D eigenvalue weighted by Crippen LogP contribution is -2.26. The summed E-state index contributed by atoms with van der Waals surface area (Å²) in [6, 6.07) is 1.96. The summed E-state index contributed by atoms with van der Waals surface area (Å²) >= 11 is 1.68. The van der Waals surface area contributed by atoms with Crippen LogP contribution in [0.5, 0.6) is 0 Å². The third kappa shape index (κ3) is 4.04. The number of aliphatic hydroxyl groups is 1. The van der Waals surface area contributed by atoms with E-state index in [0.717, 1.165) is 18.3 Å². The second kappa shape index (κ2) is 7.39. The maximum absolute atomic E-state index is 13.6. The van der Waals surface area contributed by atoms with Gasteiger partial charge in [0.1, 0.15) is 0 Å². The summed E-state index contributed by atoms with van der Waals surface area (Å²) in [4.78, 5) is 26.5. The van der Waals surface area contributed by atoms with Crippen molar-refractivity contribution in [2.45, 2.75) is 0 Å². The number of halogens is 3. The topological polar surface area (TPSA) is 87.0 Å². The largest absolute Gasteiger partial charge is 0.480 e. The third-order valence-corrected chi connectivity index (χ3v) is 2.91. The number of hydrogen-bond acceptors (Lipinski definition) is 4. The second-order valence-corrected chi connectivity index (χ2v) is 4.95. The van der Waals surface area contributed by atoms with Gasteiger partial charge in [-0.2, -0.15) is 0 Å². The van der Waals surface area contributed by atoms with Gasteiger partial charge in [-0.25, -0.2) is 8.78 Å². The summed E-state index contributed by atoms with van der Waals surface area (Å²) in [7, 11) is 0. The van der Waals surface area contributed by atoms with Crippen LogP contribution in [0.15, 0.2) is 17.1 Å². The van der Waals surface area contributed by atoms with Gasteiger partial charge in [0.2, 0.25) is 0 Å².